The van der Waals surface area contributed by atoms with Gasteiger partial charge in [0.1, 0.15) is 0 Å². The first-order chi connectivity index (χ1) is 16.2. The van der Waals surface area contributed by atoms with Crippen LogP contribution in [-0.2, 0) is 23.9 Å². The molecule has 0 radical (unpaired) electrons. The average molecular weight is 484 g/mol. The van der Waals surface area contributed by atoms with Crippen LogP contribution in [0.3, 0.4) is 0 Å². The zero-order valence-corrected chi connectivity index (χ0v) is 18.5. The number of halogens is 3. The van der Waals surface area contributed by atoms with E-state index < -0.39 is 23.0 Å². The summed E-state index contributed by atoms with van der Waals surface area (Å²) in [5, 5.41) is 8.86. The van der Waals surface area contributed by atoms with Gasteiger partial charge in [0.2, 0.25) is 5.91 Å². The van der Waals surface area contributed by atoms with E-state index in [4.69, 9.17) is 5.11 Å². The molecule has 1 aliphatic rings. The van der Waals surface area contributed by atoms with Crippen molar-refractivity contribution >= 4 is 34.5 Å². The van der Waals surface area contributed by atoms with Gasteiger partial charge < -0.3 is 5.11 Å². The summed E-state index contributed by atoms with van der Waals surface area (Å²) < 4.78 is 39.3. The van der Waals surface area contributed by atoms with Crippen LogP contribution in [-0.4, -0.2) is 32.3 Å². The van der Waals surface area contributed by atoms with E-state index in [2.05, 4.69) is 4.99 Å². The van der Waals surface area contributed by atoms with Crippen molar-refractivity contribution in [1.82, 2.24) is 4.90 Å². The lowest BCUT2D eigenvalue weighted by Gasteiger charge is -2.17. The molecule has 1 heterocycles. The number of amidine groups is 1. The highest BCUT2D eigenvalue weighted by atomic mass is 32.2. The molecule has 174 valence electrons. The van der Waals surface area contributed by atoms with Gasteiger partial charge in [-0.1, -0.05) is 60.3 Å². The number of nitrogens with zero attached hydrogens (tertiary/aromatic N) is 2. The predicted molar refractivity (Wildman–Crippen MR) is 124 cm³/mol. The highest BCUT2D eigenvalue weighted by molar-refractivity contribution is 8.15. The Morgan fingerprint density at radius 3 is 2.29 bits per heavy atom. The van der Waals surface area contributed by atoms with Gasteiger partial charge in [0.15, 0.2) is 5.17 Å². The van der Waals surface area contributed by atoms with Crippen molar-refractivity contribution in [3.8, 4) is 0 Å². The smallest absolute Gasteiger partial charge is 0.416 e. The maximum Gasteiger partial charge on any atom is 0.416 e. The molecule has 1 amide bonds. The van der Waals surface area contributed by atoms with Crippen molar-refractivity contribution < 1.29 is 27.9 Å². The zero-order valence-electron chi connectivity index (χ0n) is 17.7. The van der Waals surface area contributed by atoms with Gasteiger partial charge in [-0.05, 0) is 47.9 Å². The lowest BCUT2D eigenvalue weighted by Crippen LogP contribution is -2.32. The van der Waals surface area contributed by atoms with Crippen molar-refractivity contribution in [2.45, 2.75) is 24.4 Å². The molecule has 1 unspecified atom stereocenters. The number of aliphatic imine (C=N–C) groups is 1. The fraction of sp³-hybridized carbons (Fsp3) is 0.160. The van der Waals surface area contributed by atoms with E-state index in [1.807, 2.05) is 30.3 Å². The SMILES string of the molecule is O=C(O)c1ccc(N=C2SC(Cc3cccc(C(F)(F)F)c3)C(=O)N2Cc2ccccc2)cc1. The average Bonchev–Trinajstić information content (AvgIpc) is 3.08. The molecule has 0 spiro atoms. The number of hydrogen-bond donors (Lipinski definition) is 1. The quantitative estimate of drug-likeness (QED) is 0.482. The molecule has 4 rings (SSSR count). The van der Waals surface area contributed by atoms with E-state index >= 15 is 0 Å². The Balaban J connectivity index is 1.62. The molecule has 9 heteroatoms. The molecule has 1 aliphatic heterocycles. The van der Waals surface area contributed by atoms with Gasteiger partial charge in [0, 0.05) is 0 Å². The van der Waals surface area contributed by atoms with Gasteiger partial charge in [-0.25, -0.2) is 9.79 Å². The van der Waals surface area contributed by atoms with Crippen LogP contribution in [0.25, 0.3) is 0 Å². The maximum atomic E-state index is 13.3. The molecular weight excluding hydrogens is 465 g/mol. The van der Waals surface area contributed by atoms with E-state index in [1.165, 1.54) is 34.9 Å². The molecule has 0 aromatic heterocycles. The summed E-state index contributed by atoms with van der Waals surface area (Å²) in [4.78, 5) is 30.4. The van der Waals surface area contributed by atoms with E-state index in [0.29, 0.717) is 16.4 Å². The molecule has 0 aliphatic carbocycles. The van der Waals surface area contributed by atoms with Crippen LogP contribution < -0.4 is 0 Å². The molecule has 1 saturated heterocycles. The van der Waals surface area contributed by atoms with Gasteiger partial charge in [0.05, 0.1) is 28.6 Å². The normalized spacial score (nSPS) is 17.4. The minimum absolute atomic E-state index is 0.114. The Kier molecular flexibility index (Phi) is 6.74. The summed E-state index contributed by atoms with van der Waals surface area (Å²) in [6, 6.07) is 20.2. The number of carboxylic acids is 1. The van der Waals surface area contributed by atoms with Crippen LogP contribution in [0, 0.1) is 0 Å². The highest BCUT2D eigenvalue weighted by Gasteiger charge is 2.38. The summed E-state index contributed by atoms with van der Waals surface area (Å²) in [6.45, 7) is 0.262. The second-order valence-corrected chi connectivity index (χ2v) is 8.84. The maximum absolute atomic E-state index is 13.3. The highest BCUT2D eigenvalue weighted by Crippen LogP contribution is 2.35. The van der Waals surface area contributed by atoms with Gasteiger partial charge >= 0.3 is 12.1 Å². The molecule has 3 aromatic carbocycles. The fourth-order valence-electron chi connectivity index (χ4n) is 3.51. The van der Waals surface area contributed by atoms with E-state index in [9.17, 15) is 22.8 Å². The molecule has 1 fully saturated rings. The minimum atomic E-state index is -4.46. The van der Waals surface area contributed by atoms with Crippen molar-refractivity contribution in [2.75, 3.05) is 0 Å². The minimum Gasteiger partial charge on any atom is -0.478 e. The first-order valence-electron chi connectivity index (χ1n) is 10.3. The zero-order chi connectivity index (χ0) is 24.3. The Labute approximate surface area is 197 Å². The molecule has 0 bridgehead atoms. The fourth-order valence-corrected chi connectivity index (χ4v) is 4.71. The number of thioether (sulfide) groups is 1. The van der Waals surface area contributed by atoms with Gasteiger partial charge in [-0.15, -0.1) is 0 Å². The Morgan fingerprint density at radius 1 is 0.971 bits per heavy atom. The summed E-state index contributed by atoms with van der Waals surface area (Å²) in [5.41, 5.74) is 1.12. The lowest BCUT2D eigenvalue weighted by atomic mass is 10.1. The van der Waals surface area contributed by atoms with Gasteiger partial charge in [-0.2, -0.15) is 13.2 Å². The van der Waals surface area contributed by atoms with Crippen LogP contribution >= 0.6 is 11.8 Å². The number of hydrogen-bond acceptors (Lipinski definition) is 4. The monoisotopic (exact) mass is 484 g/mol. The molecule has 1 atom stereocenters. The number of carboxylic acid groups (broad SMARTS) is 1. The third-order valence-electron chi connectivity index (χ3n) is 5.22. The number of amides is 1. The number of rotatable bonds is 6. The number of benzene rings is 3. The predicted octanol–water partition coefficient (Wildman–Crippen LogP) is 5.78. The summed E-state index contributed by atoms with van der Waals surface area (Å²) >= 11 is 1.19. The third kappa shape index (κ3) is 5.48. The third-order valence-corrected chi connectivity index (χ3v) is 6.39. The van der Waals surface area contributed by atoms with Crippen molar-refractivity contribution in [3.05, 3.63) is 101 Å². The standard InChI is InChI=1S/C25H19F3N2O3S/c26-25(27,28)19-8-4-7-17(13-19)14-21-22(31)30(15-16-5-2-1-3-6-16)24(34-21)29-20-11-9-18(10-12-20)23(32)33/h1-13,21H,14-15H2,(H,32,33). The van der Waals surface area contributed by atoms with Gasteiger partial charge in [0.25, 0.3) is 0 Å². The second kappa shape index (κ2) is 9.72. The van der Waals surface area contributed by atoms with E-state index in [-0.39, 0.29) is 24.4 Å². The van der Waals surface area contributed by atoms with E-state index in [0.717, 1.165) is 17.7 Å². The van der Waals surface area contributed by atoms with Crippen LogP contribution in [0.15, 0.2) is 83.9 Å². The number of aromatic carboxylic acids is 1. The van der Waals surface area contributed by atoms with E-state index in [1.54, 1.807) is 18.2 Å². The molecule has 34 heavy (non-hydrogen) atoms. The molecular formula is C25H19F3N2O3S. The summed E-state index contributed by atoms with van der Waals surface area (Å²) in [5.74, 6) is -1.30. The first-order valence-corrected chi connectivity index (χ1v) is 11.2. The van der Waals surface area contributed by atoms with Crippen LogP contribution in [0.2, 0.25) is 0 Å². The summed E-state index contributed by atoms with van der Waals surface area (Å²) in [7, 11) is 0. The second-order valence-electron chi connectivity index (χ2n) is 7.67. The Morgan fingerprint density at radius 2 is 1.65 bits per heavy atom. The Hall–Kier alpha value is -3.59. The van der Waals surface area contributed by atoms with Crippen molar-refractivity contribution in [1.29, 1.82) is 0 Å². The molecule has 3 aromatic rings. The van der Waals surface area contributed by atoms with Crippen LogP contribution in [0.1, 0.15) is 27.0 Å². The van der Waals surface area contributed by atoms with Crippen LogP contribution in [0.5, 0.6) is 0 Å². The molecule has 0 saturated carbocycles. The van der Waals surface area contributed by atoms with Crippen LogP contribution in [0.4, 0.5) is 18.9 Å². The number of alkyl halides is 3. The molecule has 1 N–H and O–H groups in total. The lowest BCUT2D eigenvalue weighted by molar-refractivity contribution is -0.137. The topological polar surface area (TPSA) is 70.0 Å². The molecule has 5 nitrogen and oxygen atoms in total. The van der Waals surface area contributed by atoms with Crippen molar-refractivity contribution in [3.63, 3.8) is 0 Å². The number of carbonyl (C=O) groups excluding carboxylic acids is 1. The summed E-state index contributed by atoms with van der Waals surface area (Å²) in [6.07, 6.45) is -4.34. The largest absolute Gasteiger partial charge is 0.478 e. The number of carbonyl (C=O) groups is 2. The first kappa shape index (κ1) is 23.6. The van der Waals surface area contributed by atoms with Crippen molar-refractivity contribution in [2.24, 2.45) is 4.99 Å². The Bertz CT molecular complexity index is 1230. The van der Waals surface area contributed by atoms with Gasteiger partial charge in [-0.3, -0.25) is 9.69 Å².